The van der Waals surface area contributed by atoms with Crippen molar-refractivity contribution in [1.82, 2.24) is 10.1 Å². The van der Waals surface area contributed by atoms with Crippen LogP contribution in [0.2, 0.25) is 0 Å². The van der Waals surface area contributed by atoms with Crippen molar-refractivity contribution in [3.05, 3.63) is 52.4 Å². The number of ketones is 1. The van der Waals surface area contributed by atoms with Gasteiger partial charge in [0.2, 0.25) is 0 Å². The van der Waals surface area contributed by atoms with Gasteiger partial charge in [0.05, 0.1) is 17.4 Å². The molecule has 1 saturated carbocycles. The normalized spacial score (nSPS) is 24.0. The first-order valence-electron chi connectivity index (χ1n) is 10.6. The molecule has 2 unspecified atom stereocenters. The topological polar surface area (TPSA) is 83.6 Å². The van der Waals surface area contributed by atoms with Crippen LogP contribution in [0.25, 0.3) is 0 Å². The molecule has 1 aromatic carbocycles. The summed E-state index contributed by atoms with van der Waals surface area (Å²) in [5.74, 6) is 1.96. The first-order valence-corrected chi connectivity index (χ1v) is 10.6. The molecular formula is C23H26N2O4. The third-order valence-electron chi connectivity index (χ3n) is 6.45. The van der Waals surface area contributed by atoms with Gasteiger partial charge in [0, 0.05) is 31.5 Å². The van der Waals surface area contributed by atoms with Crippen molar-refractivity contribution in [2.45, 2.75) is 51.0 Å². The Bertz CT molecular complexity index is 929. The number of hydrogen-bond donors (Lipinski definition) is 1. The van der Waals surface area contributed by atoms with Gasteiger partial charge in [-0.15, -0.1) is 0 Å². The van der Waals surface area contributed by atoms with E-state index >= 15 is 0 Å². The maximum atomic E-state index is 12.7. The molecule has 5 rings (SSSR count). The molecule has 29 heavy (non-hydrogen) atoms. The zero-order chi connectivity index (χ0) is 20.0. The monoisotopic (exact) mass is 394 g/mol. The second-order valence-corrected chi connectivity index (χ2v) is 8.87. The van der Waals surface area contributed by atoms with E-state index in [9.17, 15) is 14.7 Å². The van der Waals surface area contributed by atoms with Crippen LogP contribution in [0.15, 0.2) is 28.8 Å². The van der Waals surface area contributed by atoms with Crippen LogP contribution in [0.1, 0.15) is 69.8 Å². The summed E-state index contributed by atoms with van der Waals surface area (Å²) < 4.78 is 5.56. The summed E-state index contributed by atoms with van der Waals surface area (Å²) >= 11 is 0. The number of carbonyl (C=O) groups excluding carboxylic acids is 2. The van der Waals surface area contributed by atoms with Crippen LogP contribution in [0, 0.1) is 11.8 Å². The number of nitrogens with zero attached hydrogens (tertiary/aromatic N) is 2. The van der Waals surface area contributed by atoms with Gasteiger partial charge in [-0.25, -0.2) is 0 Å². The minimum Gasteiger partial charge on any atom is -0.391 e. The number of rotatable bonds is 5. The highest BCUT2D eigenvalue weighted by molar-refractivity contribution is 5.99. The van der Waals surface area contributed by atoms with E-state index < -0.39 is 6.10 Å². The second kappa shape index (κ2) is 7.41. The molecule has 0 bridgehead atoms. The lowest BCUT2D eigenvalue weighted by Gasteiger charge is -2.19. The Kier molecular flexibility index (Phi) is 4.74. The Morgan fingerprint density at radius 2 is 1.93 bits per heavy atom. The van der Waals surface area contributed by atoms with Crippen molar-refractivity contribution in [3.8, 4) is 0 Å². The fraction of sp³-hybridized carbons (Fsp3) is 0.522. The summed E-state index contributed by atoms with van der Waals surface area (Å²) in [6.45, 7) is 0.991. The van der Waals surface area contributed by atoms with Crippen LogP contribution in [-0.2, 0) is 12.8 Å². The number of carbonyl (C=O) groups is 2. The number of fused-ring (bicyclic) bond motifs is 1. The minimum absolute atomic E-state index is 0.0537. The van der Waals surface area contributed by atoms with Crippen LogP contribution in [0.3, 0.4) is 0 Å². The molecule has 1 N–H and O–H groups in total. The van der Waals surface area contributed by atoms with E-state index in [4.69, 9.17) is 4.52 Å². The van der Waals surface area contributed by atoms with Crippen molar-refractivity contribution in [3.63, 3.8) is 0 Å². The first kappa shape index (κ1) is 18.6. The maximum absolute atomic E-state index is 12.7. The number of aliphatic hydroxyl groups is 1. The van der Waals surface area contributed by atoms with Gasteiger partial charge in [-0.05, 0) is 48.8 Å². The van der Waals surface area contributed by atoms with Crippen LogP contribution in [0.5, 0.6) is 0 Å². The van der Waals surface area contributed by atoms with Crippen LogP contribution >= 0.6 is 0 Å². The van der Waals surface area contributed by atoms with Crippen molar-refractivity contribution in [1.29, 1.82) is 0 Å². The Balaban J connectivity index is 1.27. The fourth-order valence-corrected chi connectivity index (χ4v) is 4.70. The number of aliphatic hydroxyl groups excluding tert-OH is 1. The van der Waals surface area contributed by atoms with Gasteiger partial charge in [-0.3, -0.25) is 9.59 Å². The summed E-state index contributed by atoms with van der Waals surface area (Å²) in [6.07, 6.45) is 5.91. The number of hydrogen-bond acceptors (Lipinski definition) is 5. The molecular weight excluding hydrogens is 368 g/mol. The van der Waals surface area contributed by atoms with E-state index in [0.29, 0.717) is 55.2 Å². The number of β-amino-alcohol motifs (C(OH)–C–C–N with tert-alkyl or cyclic N) is 1. The predicted octanol–water partition coefficient (Wildman–Crippen LogP) is 3.02. The summed E-state index contributed by atoms with van der Waals surface area (Å²) in [7, 11) is 0. The van der Waals surface area contributed by atoms with Gasteiger partial charge in [-0.2, -0.15) is 0 Å². The average Bonchev–Trinajstić information content (AvgIpc) is 3.26. The lowest BCUT2D eigenvalue weighted by Crippen LogP contribution is -2.29. The largest absolute Gasteiger partial charge is 0.391 e. The number of aromatic nitrogens is 1. The molecule has 0 radical (unpaired) electrons. The lowest BCUT2D eigenvalue weighted by molar-refractivity contribution is 0.0764. The molecule has 1 amide bonds. The molecule has 6 nitrogen and oxygen atoms in total. The minimum atomic E-state index is -0.419. The number of likely N-dealkylation sites (tertiary alicyclic amines) is 1. The Morgan fingerprint density at radius 3 is 2.62 bits per heavy atom. The van der Waals surface area contributed by atoms with Gasteiger partial charge in [-0.1, -0.05) is 30.1 Å². The Labute approximate surface area is 169 Å². The predicted molar refractivity (Wildman–Crippen MR) is 106 cm³/mol. The van der Waals surface area contributed by atoms with Gasteiger partial charge in [0.1, 0.15) is 0 Å². The molecule has 2 aromatic rings. The Morgan fingerprint density at radius 1 is 1.14 bits per heavy atom. The fourth-order valence-electron chi connectivity index (χ4n) is 4.70. The van der Waals surface area contributed by atoms with E-state index in [0.717, 1.165) is 30.0 Å². The van der Waals surface area contributed by atoms with Crippen molar-refractivity contribution in [2.75, 3.05) is 13.1 Å². The summed E-state index contributed by atoms with van der Waals surface area (Å²) in [5, 5.41) is 13.8. The summed E-state index contributed by atoms with van der Waals surface area (Å²) in [6, 6.07) is 7.41. The average molecular weight is 394 g/mol. The molecule has 1 aromatic heterocycles. The van der Waals surface area contributed by atoms with Gasteiger partial charge >= 0.3 is 0 Å². The van der Waals surface area contributed by atoms with Gasteiger partial charge < -0.3 is 14.5 Å². The highest BCUT2D eigenvalue weighted by Crippen LogP contribution is 2.40. The van der Waals surface area contributed by atoms with E-state index in [1.54, 1.807) is 17.0 Å². The first-order chi connectivity index (χ1) is 14.1. The molecule has 2 aliphatic carbocycles. The van der Waals surface area contributed by atoms with E-state index in [2.05, 4.69) is 5.16 Å². The highest BCUT2D eigenvalue weighted by Gasteiger charge is 2.35. The molecule has 152 valence electrons. The lowest BCUT2D eigenvalue weighted by atomic mass is 9.82. The van der Waals surface area contributed by atoms with Crippen molar-refractivity contribution in [2.24, 2.45) is 11.8 Å². The SMILES string of the molecule is O=C1CC(CC2CC2)Cc2noc(Cc3ccc(C(=O)N4CCC(O)C4)cc3)c21. The molecule has 2 heterocycles. The zero-order valence-corrected chi connectivity index (χ0v) is 16.5. The zero-order valence-electron chi connectivity index (χ0n) is 16.5. The standard InChI is InChI=1S/C23H26N2O4/c26-18-7-8-25(13-18)23(28)17-5-3-15(4-6-17)12-21-22-19(24-29-21)10-16(11-20(22)27)9-14-1-2-14/h3-6,14,16,18,26H,1-2,7-13H2. The van der Waals surface area contributed by atoms with Crippen molar-refractivity contribution >= 4 is 11.7 Å². The van der Waals surface area contributed by atoms with Crippen LogP contribution in [-0.4, -0.2) is 46.0 Å². The van der Waals surface area contributed by atoms with Gasteiger partial charge in [0.25, 0.3) is 5.91 Å². The molecule has 2 atom stereocenters. The third-order valence-corrected chi connectivity index (χ3v) is 6.45. The van der Waals surface area contributed by atoms with Crippen LogP contribution < -0.4 is 0 Å². The molecule has 1 aliphatic heterocycles. The molecule has 3 aliphatic rings. The molecule has 1 saturated heterocycles. The number of amides is 1. The third kappa shape index (κ3) is 3.86. The highest BCUT2D eigenvalue weighted by atomic mass is 16.5. The van der Waals surface area contributed by atoms with Crippen LogP contribution in [0.4, 0.5) is 0 Å². The maximum Gasteiger partial charge on any atom is 0.253 e. The number of benzene rings is 1. The molecule has 2 fully saturated rings. The van der Waals surface area contributed by atoms with E-state index in [-0.39, 0.29) is 11.7 Å². The quantitative estimate of drug-likeness (QED) is 0.843. The smallest absolute Gasteiger partial charge is 0.253 e. The number of Topliss-reactive ketones (excluding diaryl/α,β-unsaturated/α-hetero) is 1. The molecule has 0 spiro atoms. The Hall–Kier alpha value is -2.47. The van der Waals surface area contributed by atoms with E-state index in [1.807, 2.05) is 12.1 Å². The summed E-state index contributed by atoms with van der Waals surface area (Å²) in [4.78, 5) is 26.9. The molecule has 6 heteroatoms. The van der Waals surface area contributed by atoms with Gasteiger partial charge in [0.15, 0.2) is 11.5 Å². The van der Waals surface area contributed by atoms with Crippen molar-refractivity contribution < 1.29 is 19.2 Å². The summed E-state index contributed by atoms with van der Waals surface area (Å²) in [5.41, 5.74) is 3.10. The second-order valence-electron chi connectivity index (χ2n) is 8.87. The van der Waals surface area contributed by atoms with E-state index in [1.165, 1.54) is 12.8 Å².